The zero-order valence-electron chi connectivity index (χ0n) is 45.6. The molecule has 0 amide bonds. The minimum Gasteiger partial charge on any atom is -0.311 e. The number of para-hydroxylation sites is 2. The Morgan fingerprint density at radius 1 is 0.459 bits per heavy atom. The maximum absolute atomic E-state index is 2.68. The van der Waals surface area contributed by atoms with Gasteiger partial charge in [0.2, 0.25) is 0 Å². The Hall–Kier alpha value is -6.82. The first-order chi connectivity index (χ1) is 35.2. The Balaban J connectivity index is 1.23. The number of thiophene rings is 1. The zero-order chi connectivity index (χ0) is 51.7. The van der Waals surface area contributed by atoms with Gasteiger partial charge in [-0.2, -0.15) is 0 Å². The summed E-state index contributed by atoms with van der Waals surface area (Å²) in [5.41, 5.74) is 21.5. The van der Waals surface area contributed by atoms with Crippen LogP contribution in [0.4, 0.5) is 51.2 Å². The first-order valence-electron chi connectivity index (χ1n) is 26.9. The molecule has 0 spiro atoms. The van der Waals surface area contributed by atoms with E-state index in [0.29, 0.717) is 0 Å². The number of hydrogen-bond donors (Lipinski definition) is 0. The van der Waals surface area contributed by atoms with Gasteiger partial charge in [-0.15, -0.1) is 11.3 Å². The fourth-order valence-electron chi connectivity index (χ4n) is 12.4. The molecule has 370 valence electrons. The van der Waals surface area contributed by atoms with Crippen molar-refractivity contribution in [2.24, 2.45) is 0 Å². The van der Waals surface area contributed by atoms with Crippen LogP contribution in [0.15, 0.2) is 182 Å². The Morgan fingerprint density at radius 3 is 1.46 bits per heavy atom. The van der Waals surface area contributed by atoms with Crippen molar-refractivity contribution >= 4 is 95.0 Å². The summed E-state index contributed by atoms with van der Waals surface area (Å²) in [5.74, 6) is 0. The summed E-state index contributed by atoms with van der Waals surface area (Å²) < 4.78 is 2.71. The van der Waals surface area contributed by atoms with Crippen LogP contribution in [-0.2, 0) is 27.1 Å². The topological polar surface area (TPSA) is 9.72 Å². The van der Waals surface area contributed by atoms with Crippen LogP contribution in [0.5, 0.6) is 0 Å². The third-order valence-corrected chi connectivity index (χ3v) is 18.3. The van der Waals surface area contributed by atoms with E-state index in [-0.39, 0.29) is 33.8 Å². The smallest absolute Gasteiger partial charge is 0.264 e. The molecule has 1 aliphatic carbocycles. The molecule has 0 fully saturated rings. The van der Waals surface area contributed by atoms with Crippen LogP contribution in [0, 0.1) is 0 Å². The molecular weight excluding hydrogens is 914 g/mol. The molecule has 5 heteroatoms. The Labute approximate surface area is 445 Å². The maximum atomic E-state index is 2.68. The second-order valence-electron chi connectivity index (χ2n) is 25.3. The highest BCUT2D eigenvalue weighted by Crippen LogP contribution is 2.54. The standard InChI is InChI=1S/C69H70BN3S/c1-65(2,3)45-28-33-51(34-29-45)72-58-44-56-55(67(7,8)38-39-68(56,9)10)43-57(58)70-62-59(72)41-53(71(49-24-18-14-19-25-49)50-26-20-15-21-27-50)42-60(62)73(52-35-30-46(31-36-52)66(4,5)6)63-54-40-48(32-37-61(54)74-64(63)70)69(11,12)47-22-16-13-17-23-47/h13-37,40-44H,38-39H2,1-12H3. The van der Waals surface area contributed by atoms with Gasteiger partial charge in [0, 0.05) is 60.1 Å². The molecule has 1 aromatic heterocycles. The fourth-order valence-corrected chi connectivity index (χ4v) is 13.7. The molecule has 0 saturated heterocycles. The van der Waals surface area contributed by atoms with Gasteiger partial charge in [0.1, 0.15) is 0 Å². The number of anilines is 9. The zero-order valence-corrected chi connectivity index (χ0v) is 46.4. The second kappa shape index (κ2) is 17.1. The predicted octanol–water partition coefficient (Wildman–Crippen LogP) is 17.7. The van der Waals surface area contributed by atoms with E-state index in [4.69, 9.17) is 0 Å². The number of fused-ring (bicyclic) bond motifs is 7. The van der Waals surface area contributed by atoms with Crippen LogP contribution in [0.25, 0.3) is 10.1 Å². The molecule has 3 nitrogen and oxygen atoms in total. The number of hydrogen-bond acceptors (Lipinski definition) is 4. The van der Waals surface area contributed by atoms with Gasteiger partial charge in [0.05, 0.1) is 11.4 Å². The van der Waals surface area contributed by atoms with Gasteiger partial charge >= 0.3 is 0 Å². The normalized spacial score (nSPS) is 15.6. The van der Waals surface area contributed by atoms with Gasteiger partial charge in [0.15, 0.2) is 0 Å². The molecule has 74 heavy (non-hydrogen) atoms. The fraction of sp³-hybridized carbons (Fsp3) is 0.275. The molecule has 9 aromatic rings. The predicted molar refractivity (Wildman–Crippen MR) is 322 cm³/mol. The van der Waals surface area contributed by atoms with Crippen molar-refractivity contribution in [2.45, 2.75) is 123 Å². The molecule has 12 rings (SSSR count). The molecule has 0 bridgehead atoms. The molecule has 0 unspecified atom stereocenters. The van der Waals surface area contributed by atoms with E-state index in [1.165, 1.54) is 87.6 Å². The second-order valence-corrected chi connectivity index (χ2v) is 26.4. The van der Waals surface area contributed by atoms with Gasteiger partial charge in [-0.05, 0) is 158 Å². The van der Waals surface area contributed by atoms with Crippen molar-refractivity contribution in [1.29, 1.82) is 0 Å². The lowest BCUT2D eigenvalue weighted by molar-refractivity contribution is 0.332. The summed E-state index contributed by atoms with van der Waals surface area (Å²) in [6, 6.07) is 69.7. The average molecular weight is 984 g/mol. The molecule has 0 radical (unpaired) electrons. The highest BCUT2D eigenvalue weighted by atomic mass is 32.1. The molecular formula is C69H70BN3S. The largest absolute Gasteiger partial charge is 0.311 e. The van der Waals surface area contributed by atoms with Gasteiger partial charge in [0.25, 0.3) is 6.71 Å². The molecule has 3 heterocycles. The Kier molecular flexibility index (Phi) is 11.1. The Morgan fingerprint density at radius 2 is 0.932 bits per heavy atom. The number of nitrogens with zero attached hydrogens (tertiary/aromatic N) is 3. The summed E-state index contributed by atoms with van der Waals surface area (Å²) in [6.07, 6.45) is 2.30. The summed E-state index contributed by atoms with van der Waals surface area (Å²) in [5, 5.41) is 1.30. The summed E-state index contributed by atoms with van der Waals surface area (Å²) in [7, 11) is 0. The van der Waals surface area contributed by atoms with Crippen LogP contribution >= 0.6 is 11.3 Å². The SMILES string of the molecule is CC(C)(C)c1ccc(N2c3cc4c(cc3B3c5sc6ccc(C(C)(C)c7ccccc7)cc6c5N(c5ccc(C(C)(C)C)cc5)c5cc(N(c6ccccc6)c6ccccc6)cc2c53)C(C)(C)CCC4(C)C)cc1. The highest BCUT2D eigenvalue weighted by molar-refractivity contribution is 7.33. The van der Waals surface area contributed by atoms with Gasteiger partial charge in [-0.25, -0.2) is 0 Å². The van der Waals surface area contributed by atoms with E-state index < -0.39 is 0 Å². The van der Waals surface area contributed by atoms with Crippen LogP contribution in [0.2, 0.25) is 0 Å². The lowest BCUT2D eigenvalue weighted by atomic mass is 9.35. The van der Waals surface area contributed by atoms with Crippen molar-refractivity contribution in [3.63, 3.8) is 0 Å². The Bertz CT molecular complexity index is 3560. The van der Waals surface area contributed by atoms with Crippen molar-refractivity contribution < 1.29 is 0 Å². The van der Waals surface area contributed by atoms with Gasteiger partial charge in [-0.1, -0.05) is 186 Å². The molecule has 0 N–H and O–H groups in total. The van der Waals surface area contributed by atoms with Crippen molar-refractivity contribution in [3.8, 4) is 0 Å². The van der Waals surface area contributed by atoms with Crippen LogP contribution in [-0.4, -0.2) is 6.71 Å². The lowest BCUT2D eigenvalue weighted by Crippen LogP contribution is -2.61. The van der Waals surface area contributed by atoms with Gasteiger partial charge in [-0.3, -0.25) is 0 Å². The van der Waals surface area contributed by atoms with E-state index in [1.54, 1.807) is 0 Å². The summed E-state index contributed by atoms with van der Waals surface area (Å²) in [4.78, 5) is 7.76. The minimum absolute atomic E-state index is 0.00284. The number of rotatable bonds is 7. The monoisotopic (exact) mass is 984 g/mol. The third-order valence-electron chi connectivity index (χ3n) is 17.1. The average Bonchev–Trinajstić information content (AvgIpc) is 3.81. The summed E-state index contributed by atoms with van der Waals surface area (Å²) >= 11 is 2.00. The number of benzene rings is 8. The first kappa shape index (κ1) is 48.1. The third kappa shape index (κ3) is 7.83. The van der Waals surface area contributed by atoms with E-state index in [0.717, 1.165) is 35.6 Å². The first-order valence-corrected chi connectivity index (χ1v) is 27.7. The quantitative estimate of drug-likeness (QED) is 0.147. The minimum atomic E-state index is -0.222. The molecule has 8 aromatic carbocycles. The lowest BCUT2D eigenvalue weighted by Gasteiger charge is -2.47. The molecule has 2 aliphatic heterocycles. The van der Waals surface area contributed by atoms with E-state index in [2.05, 4.69) is 280 Å². The highest BCUT2D eigenvalue weighted by Gasteiger charge is 2.48. The van der Waals surface area contributed by atoms with Crippen LogP contribution < -0.4 is 30.4 Å². The molecule has 0 saturated carbocycles. The van der Waals surface area contributed by atoms with Crippen molar-refractivity contribution in [2.75, 3.05) is 14.7 Å². The van der Waals surface area contributed by atoms with Crippen LogP contribution in [0.1, 0.15) is 129 Å². The van der Waals surface area contributed by atoms with Crippen molar-refractivity contribution in [1.82, 2.24) is 0 Å². The maximum Gasteiger partial charge on any atom is 0.264 e. The molecule has 0 atom stereocenters. The summed E-state index contributed by atoms with van der Waals surface area (Å²) in [6.45, 7) is 28.6. The van der Waals surface area contributed by atoms with Crippen molar-refractivity contribution in [3.05, 3.63) is 215 Å². The van der Waals surface area contributed by atoms with Gasteiger partial charge < -0.3 is 14.7 Å². The van der Waals surface area contributed by atoms with E-state index >= 15 is 0 Å². The van der Waals surface area contributed by atoms with E-state index in [1.807, 2.05) is 11.3 Å². The van der Waals surface area contributed by atoms with E-state index in [9.17, 15) is 0 Å². The van der Waals surface area contributed by atoms with Crippen LogP contribution in [0.3, 0.4) is 0 Å². The molecule has 3 aliphatic rings.